The first-order valence-electron chi connectivity index (χ1n) is 10.6. The fourth-order valence-electron chi connectivity index (χ4n) is 4.06. The molecule has 0 bridgehead atoms. The van der Waals surface area contributed by atoms with Crippen LogP contribution >= 0.6 is 0 Å². The second-order valence-corrected chi connectivity index (χ2v) is 8.13. The van der Waals surface area contributed by atoms with E-state index in [9.17, 15) is 9.59 Å². The molecule has 4 rings (SSSR count). The maximum atomic E-state index is 13.0. The van der Waals surface area contributed by atoms with Crippen LogP contribution in [0, 0.1) is 6.92 Å². The largest absolute Gasteiger partial charge is 0.351 e. The Kier molecular flexibility index (Phi) is 6.03. The SMILES string of the molecule is Cc1cccc(NC(=O)Nc2cccc(CNC(=O)C3(c4ccccc4)CCC3)c2)c1. The van der Waals surface area contributed by atoms with E-state index in [2.05, 4.69) is 16.0 Å². The Morgan fingerprint density at radius 2 is 1.52 bits per heavy atom. The summed E-state index contributed by atoms with van der Waals surface area (Å²) in [5.74, 6) is 0.0699. The standard InChI is InChI=1S/C26H27N3O2/c1-19-8-5-12-22(16-19)28-25(31)29-23-13-6-9-20(17-23)18-27-24(30)26(14-7-15-26)21-10-3-2-4-11-21/h2-6,8-13,16-17H,7,14-15,18H2,1H3,(H,27,30)(H2,28,29,31). The molecule has 0 atom stereocenters. The maximum Gasteiger partial charge on any atom is 0.323 e. The second-order valence-electron chi connectivity index (χ2n) is 8.13. The molecule has 158 valence electrons. The molecule has 0 saturated heterocycles. The number of rotatable bonds is 6. The lowest BCUT2D eigenvalue weighted by Crippen LogP contribution is -2.48. The van der Waals surface area contributed by atoms with Gasteiger partial charge in [0.25, 0.3) is 0 Å². The molecule has 1 aliphatic carbocycles. The summed E-state index contributed by atoms with van der Waals surface area (Å²) in [7, 11) is 0. The van der Waals surface area contributed by atoms with Crippen LogP contribution in [0.4, 0.5) is 16.2 Å². The van der Waals surface area contributed by atoms with Gasteiger partial charge in [0.2, 0.25) is 5.91 Å². The van der Waals surface area contributed by atoms with Crippen LogP contribution in [0.25, 0.3) is 0 Å². The predicted octanol–water partition coefficient (Wildman–Crippen LogP) is 5.38. The fourth-order valence-corrected chi connectivity index (χ4v) is 4.06. The van der Waals surface area contributed by atoms with Crippen molar-refractivity contribution in [1.29, 1.82) is 0 Å². The molecular formula is C26H27N3O2. The first-order chi connectivity index (χ1) is 15.0. The number of benzene rings is 3. The van der Waals surface area contributed by atoms with Crippen molar-refractivity contribution >= 4 is 23.3 Å². The highest BCUT2D eigenvalue weighted by Crippen LogP contribution is 2.43. The van der Waals surface area contributed by atoms with Crippen LogP contribution in [0.3, 0.4) is 0 Å². The van der Waals surface area contributed by atoms with Crippen LogP contribution < -0.4 is 16.0 Å². The van der Waals surface area contributed by atoms with Gasteiger partial charge in [-0.15, -0.1) is 0 Å². The number of hydrogen-bond donors (Lipinski definition) is 3. The zero-order valence-electron chi connectivity index (χ0n) is 17.7. The summed E-state index contributed by atoms with van der Waals surface area (Å²) in [6, 6.07) is 24.9. The molecule has 0 heterocycles. The first-order valence-corrected chi connectivity index (χ1v) is 10.6. The van der Waals surface area contributed by atoms with E-state index in [1.165, 1.54) is 0 Å². The highest BCUT2D eigenvalue weighted by atomic mass is 16.2. The summed E-state index contributed by atoms with van der Waals surface area (Å²) in [6.07, 6.45) is 2.82. The van der Waals surface area contributed by atoms with Gasteiger partial charge in [0.05, 0.1) is 5.41 Å². The minimum Gasteiger partial charge on any atom is -0.351 e. The summed E-state index contributed by atoms with van der Waals surface area (Å²) in [4.78, 5) is 25.3. The second kappa shape index (κ2) is 9.04. The molecular weight excluding hydrogens is 386 g/mol. The van der Waals surface area contributed by atoms with Crippen molar-refractivity contribution < 1.29 is 9.59 Å². The highest BCUT2D eigenvalue weighted by molar-refractivity contribution is 5.99. The molecule has 1 saturated carbocycles. The van der Waals surface area contributed by atoms with E-state index in [4.69, 9.17) is 0 Å². The van der Waals surface area contributed by atoms with E-state index in [-0.39, 0.29) is 11.9 Å². The van der Waals surface area contributed by atoms with E-state index in [1.54, 1.807) is 0 Å². The van der Waals surface area contributed by atoms with E-state index in [0.29, 0.717) is 12.2 Å². The van der Waals surface area contributed by atoms with Crippen molar-refractivity contribution in [2.75, 3.05) is 10.6 Å². The van der Waals surface area contributed by atoms with Crippen molar-refractivity contribution in [3.63, 3.8) is 0 Å². The summed E-state index contributed by atoms with van der Waals surface area (Å²) in [5, 5.41) is 8.79. The molecule has 3 aromatic carbocycles. The van der Waals surface area contributed by atoms with Crippen molar-refractivity contribution in [2.45, 2.75) is 38.1 Å². The van der Waals surface area contributed by atoms with Crippen molar-refractivity contribution in [3.05, 3.63) is 95.6 Å². The minimum atomic E-state index is -0.412. The van der Waals surface area contributed by atoms with Gasteiger partial charge in [-0.25, -0.2) is 4.79 Å². The highest BCUT2D eigenvalue weighted by Gasteiger charge is 2.45. The Labute approximate surface area is 182 Å². The topological polar surface area (TPSA) is 70.2 Å². The lowest BCUT2D eigenvalue weighted by Gasteiger charge is -2.40. The first kappa shape index (κ1) is 20.7. The van der Waals surface area contributed by atoms with Gasteiger partial charge in [-0.1, -0.05) is 61.0 Å². The Bertz CT molecular complexity index is 1070. The molecule has 0 aliphatic heterocycles. The number of anilines is 2. The summed E-state index contributed by atoms with van der Waals surface area (Å²) in [6.45, 7) is 2.40. The predicted molar refractivity (Wildman–Crippen MR) is 124 cm³/mol. The Morgan fingerprint density at radius 1 is 0.839 bits per heavy atom. The van der Waals surface area contributed by atoms with Gasteiger partial charge in [0.1, 0.15) is 0 Å². The quantitative estimate of drug-likeness (QED) is 0.508. The van der Waals surface area contributed by atoms with Gasteiger partial charge in [-0.3, -0.25) is 4.79 Å². The third-order valence-electron chi connectivity index (χ3n) is 5.88. The van der Waals surface area contributed by atoms with Crippen molar-refractivity contribution in [2.24, 2.45) is 0 Å². The van der Waals surface area contributed by atoms with E-state index < -0.39 is 5.41 Å². The molecule has 1 aliphatic rings. The van der Waals surface area contributed by atoms with Crippen LogP contribution in [-0.4, -0.2) is 11.9 Å². The molecule has 3 N–H and O–H groups in total. The smallest absolute Gasteiger partial charge is 0.323 e. The number of hydrogen-bond acceptors (Lipinski definition) is 2. The molecule has 3 aromatic rings. The molecule has 5 heteroatoms. The monoisotopic (exact) mass is 413 g/mol. The lowest BCUT2D eigenvalue weighted by molar-refractivity contribution is -0.130. The number of carbonyl (C=O) groups excluding carboxylic acids is 2. The normalized spacial score (nSPS) is 14.2. The zero-order valence-corrected chi connectivity index (χ0v) is 17.7. The third-order valence-corrected chi connectivity index (χ3v) is 5.88. The Morgan fingerprint density at radius 3 is 2.16 bits per heavy atom. The zero-order chi connectivity index (χ0) is 21.7. The van der Waals surface area contributed by atoms with Crippen LogP contribution in [0.1, 0.15) is 36.0 Å². The fraction of sp³-hybridized carbons (Fsp3) is 0.231. The van der Waals surface area contributed by atoms with E-state index >= 15 is 0 Å². The Balaban J connectivity index is 1.36. The molecule has 3 amide bonds. The minimum absolute atomic E-state index is 0.0699. The van der Waals surface area contributed by atoms with Crippen LogP contribution in [0.2, 0.25) is 0 Å². The van der Waals surface area contributed by atoms with Gasteiger partial charge >= 0.3 is 6.03 Å². The molecule has 0 aromatic heterocycles. The number of amides is 3. The molecule has 1 fully saturated rings. The molecule has 0 radical (unpaired) electrons. The summed E-state index contributed by atoms with van der Waals surface area (Å²) < 4.78 is 0. The third kappa shape index (κ3) is 4.77. The number of aryl methyl sites for hydroxylation is 1. The van der Waals surface area contributed by atoms with Gasteiger partial charge < -0.3 is 16.0 Å². The summed E-state index contributed by atoms with van der Waals surface area (Å²) in [5.41, 5.74) is 4.11. The number of nitrogens with one attached hydrogen (secondary N) is 3. The van der Waals surface area contributed by atoms with Crippen LogP contribution in [-0.2, 0) is 16.8 Å². The van der Waals surface area contributed by atoms with Gasteiger partial charge in [-0.2, -0.15) is 0 Å². The number of carbonyl (C=O) groups is 2. The molecule has 5 nitrogen and oxygen atoms in total. The van der Waals surface area contributed by atoms with Crippen LogP contribution in [0.5, 0.6) is 0 Å². The van der Waals surface area contributed by atoms with Gasteiger partial charge in [0.15, 0.2) is 0 Å². The average molecular weight is 414 g/mol. The summed E-state index contributed by atoms with van der Waals surface area (Å²) >= 11 is 0. The molecule has 0 spiro atoms. The lowest BCUT2D eigenvalue weighted by atomic mass is 9.64. The molecule has 0 unspecified atom stereocenters. The van der Waals surface area contributed by atoms with E-state index in [1.807, 2.05) is 85.8 Å². The van der Waals surface area contributed by atoms with Gasteiger partial charge in [-0.05, 0) is 60.7 Å². The van der Waals surface area contributed by atoms with Crippen molar-refractivity contribution in [1.82, 2.24) is 5.32 Å². The Hall–Kier alpha value is -3.60. The van der Waals surface area contributed by atoms with E-state index in [0.717, 1.165) is 41.6 Å². The van der Waals surface area contributed by atoms with Gasteiger partial charge in [0, 0.05) is 17.9 Å². The maximum absolute atomic E-state index is 13.0. The van der Waals surface area contributed by atoms with Crippen molar-refractivity contribution in [3.8, 4) is 0 Å². The average Bonchev–Trinajstić information content (AvgIpc) is 2.72. The van der Waals surface area contributed by atoms with Crippen LogP contribution in [0.15, 0.2) is 78.9 Å². The number of urea groups is 1. The molecule has 31 heavy (non-hydrogen) atoms.